The van der Waals surface area contributed by atoms with Crippen molar-refractivity contribution in [3.63, 3.8) is 0 Å². The van der Waals surface area contributed by atoms with Crippen molar-refractivity contribution in [3.8, 4) is 11.7 Å². The van der Waals surface area contributed by atoms with Gasteiger partial charge in [-0.2, -0.15) is 14.9 Å². The van der Waals surface area contributed by atoms with Crippen molar-refractivity contribution in [2.24, 2.45) is 5.10 Å². The minimum atomic E-state index is 0.169. The number of para-hydroxylation sites is 1. The first-order valence-electron chi connectivity index (χ1n) is 6.41. The first kappa shape index (κ1) is 13.0. The number of phenolic OH excluding ortho intramolecular Hbond substituents is 1. The number of benzene rings is 1. The molecular weight excluding hydrogens is 268 g/mol. The molecule has 7 nitrogen and oxygen atoms in total. The van der Waals surface area contributed by atoms with Crippen LogP contribution in [0.3, 0.4) is 0 Å². The van der Waals surface area contributed by atoms with E-state index < -0.39 is 0 Å². The number of aromatic nitrogens is 5. The zero-order chi connectivity index (χ0) is 14.8. The Bertz CT molecular complexity index is 801. The van der Waals surface area contributed by atoms with Crippen molar-refractivity contribution >= 4 is 6.21 Å². The average molecular weight is 282 g/mol. The highest BCUT2D eigenvalue weighted by molar-refractivity contribution is 5.83. The monoisotopic (exact) mass is 282 g/mol. The van der Waals surface area contributed by atoms with Gasteiger partial charge < -0.3 is 5.11 Å². The van der Waals surface area contributed by atoms with Crippen LogP contribution >= 0.6 is 0 Å². The molecule has 0 fully saturated rings. The van der Waals surface area contributed by atoms with Gasteiger partial charge in [0, 0.05) is 11.3 Å². The summed E-state index contributed by atoms with van der Waals surface area (Å²) < 4.78 is 3.18. The Morgan fingerprint density at radius 2 is 2.05 bits per heavy atom. The summed E-state index contributed by atoms with van der Waals surface area (Å²) >= 11 is 0. The van der Waals surface area contributed by atoms with E-state index in [-0.39, 0.29) is 5.75 Å². The van der Waals surface area contributed by atoms with Crippen LogP contribution in [0.1, 0.15) is 17.0 Å². The van der Waals surface area contributed by atoms with Crippen molar-refractivity contribution in [1.29, 1.82) is 0 Å². The van der Waals surface area contributed by atoms with Gasteiger partial charge in [-0.15, -0.1) is 10.2 Å². The molecule has 0 saturated heterocycles. The molecule has 0 aliphatic rings. The van der Waals surface area contributed by atoms with Crippen LogP contribution in [0.2, 0.25) is 0 Å². The number of rotatable bonds is 3. The summed E-state index contributed by atoms with van der Waals surface area (Å²) in [7, 11) is 0. The molecule has 1 aromatic carbocycles. The number of hydrogen-bond donors (Lipinski definition) is 1. The van der Waals surface area contributed by atoms with Gasteiger partial charge in [-0.05, 0) is 32.0 Å². The maximum atomic E-state index is 9.72. The minimum Gasteiger partial charge on any atom is -0.507 e. The van der Waals surface area contributed by atoms with Crippen LogP contribution in [0.4, 0.5) is 0 Å². The molecule has 0 amide bonds. The molecule has 0 unspecified atom stereocenters. The van der Waals surface area contributed by atoms with Crippen molar-refractivity contribution in [2.75, 3.05) is 0 Å². The van der Waals surface area contributed by atoms with Crippen LogP contribution < -0.4 is 0 Å². The molecule has 0 radical (unpaired) electrons. The Hall–Kier alpha value is -2.96. The van der Waals surface area contributed by atoms with Gasteiger partial charge in [-0.3, -0.25) is 0 Å². The predicted octanol–water partition coefficient (Wildman–Crippen LogP) is 1.67. The SMILES string of the molecule is Cc1cc(C)n(-c2nncn2/N=C\c2ccccc2O)n1. The van der Waals surface area contributed by atoms with Gasteiger partial charge in [0.1, 0.15) is 12.1 Å². The van der Waals surface area contributed by atoms with Crippen LogP contribution in [0.5, 0.6) is 5.75 Å². The van der Waals surface area contributed by atoms with E-state index in [1.54, 1.807) is 29.1 Å². The highest BCUT2D eigenvalue weighted by Gasteiger charge is 2.10. The smallest absolute Gasteiger partial charge is 0.273 e. The largest absolute Gasteiger partial charge is 0.507 e. The fraction of sp³-hybridized carbons (Fsp3) is 0.143. The summed E-state index contributed by atoms with van der Waals surface area (Å²) in [6.45, 7) is 3.85. The van der Waals surface area contributed by atoms with Crippen LogP contribution in [0.25, 0.3) is 5.95 Å². The van der Waals surface area contributed by atoms with Crippen LogP contribution in [0.15, 0.2) is 41.8 Å². The van der Waals surface area contributed by atoms with E-state index in [4.69, 9.17) is 0 Å². The quantitative estimate of drug-likeness (QED) is 0.741. The lowest BCUT2D eigenvalue weighted by Gasteiger charge is -2.02. The van der Waals surface area contributed by atoms with Gasteiger partial charge in [0.25, 0.3) is 5.95 Å². The average Bonchev–Trinajstić information content (AvgIpc) is 3.04. The van der Waals surface area contributed by atoms with E-state index in [1.165, 1.54) is 11.0 Å². The molecule has 7 heteroatoms. The normalized spacial score (nSPS) is 11.3. The fourth-order valence-electron chi connectivity index (χ4n) is 2.00. The highest BCUT2D eigenvalue weighted by atomic mass is 16.3. The summed E-state index contributed by atoms with van der Waals surface area (Å²) in [4.78, 5) is 0. The third-order valence-electron chi connectivity index (χ3n) is 2.97. The van der Waals surface area contributed by atoms with Crippen LogP contribution in [-0.4, -0.2) is 36.0 Å². The molecule has 3 aromatic rings. The van der Waals surface area contributed by atoms with E-state index in [1.807, 2.05) is 26.0 Å². The van der Waals surface area contributed by atoms with E-state index in [0.717, 1.165) is 11.4 Å². The topological polar surface area (TPSA) is 81.1 Å². The molecule has 0 atom stereocenters. The maximum Gasteiger partial charge on any atom is 0.273 e. The Morgan fingerprint density at radius 3 is 2.76 bits per heavy atom. The molecule has 0 saturated carbocycles. The second-order valence-electron chi connectivity index (χ2n) is 4.62. The Kier molecular flexibility index (Phi) is 3.23. The Morgan fingerprint density at radius 1 is 1.24 bits per heavy atom. The zero-order valence-corrected chi connectivity index (χ0v) is 11.7. The predicted molar refractivity (Wildman–Crippen MR) is 77.7 cm³/mol. The van der Waals surface area contributed by atoms with Crippen molar-refractivity contribution in [3.05, 3.63) is 53.6 Å². The summed E-state index contributed by atoms with van der Waals surface area (Å²) in [5.41, 5.74) is 2.46. The van der Waals surface area contributed by atoms with Gasteiger partial charge in [-0.1, -0.05) is 12.1 Å². The molecule has 0 bridgehead atoms. The fourth-order valence-corrected chi connectivity index (χ4v) is 2.00. The molecule has 0 aliphatic heterocycles. The lowest BCUT2D eigenvalue weighted by Crippen LogP contribution is -2.06. The van der Waals surface area contributed by atoms with Crippen molar-refractivity contribution in [1.82, 2.24) is 24.7 Å². The minimum absolute atomic E-state index is 0.169. The summed E-state index contributed by atoms with van der Waals surface area (Å²) in [6, 6.07) is 8.91. The molecule has 21 heavy (non-hydrogen) atoms. The molecule has 106 valence electrons. The van der Waals surface area contributed by atoms with E-state index in [2.05, 4.69) is 20.4 Å². The molecule has 1 N–H and O–H groups in total. The second kappa shape index (κ2) is 5.20. The van der Waals surface area contributed by atoms with Gasteiger partial charge in [-0.25, -0.2) is 4.68 Å². The number of aromatic hydroxyl groups is 1. The molecular formula is C14H14N6O. The van der Waals surface area contributed by atoms with Gasteiger partial charge in [0.2, 0.25) is 0 Å². The summed E-state index contributed by atoms with van der Waals surface area (Å²) in [5.74, 6) is 0.661. The molecule has 2 aromatic heterocycles. The van der Waals surface area contributed by atoms with Crippen molar-refractivity contribution in [2.45, 2.75) is 13.8 Å². The van der Waals surface area contributed by atoms with Crippen LogP contribution in [-0.2, 0) is 0 Å². The lowest BCUT2D eigenvalue weighted by molar-refractivity contribution is 0.474. The Labute approximate surface area is 121 Å². The molecule has 0 spiro atoms. The highest BCUT2D eigenvalue weighted by Crippen LogP contribution is 2.13. The summed E-state index contributed by atoms with van der Waals surface area (Å²) in [5, 5.41) is 26.2. The number of nitrogens with zero attached hydrogens (tertiary/aromatic N) is 6. The lowest BCUT2D eigenvalue weighted by atomic mass is 10.2. The van der Waals surface area contributed by atoms with Crippen LogP contribution in [0, 0.1) is 13.8 Å². The first-order chi connectivity index (χ1) is 10.1. The second-order valence-corrected chi connectivity index (χ2v) is 4.62. The van der Waals surface area contributed by atoms with E-state index >= 15 is 0 Å². The number of aryl methyl sites for hydroxylation is 2. The Balaban J connectivity index is 1.97. The number of hydrogen-bond acceptors (Lipinski definition) is 5. The summed E-state index contributed by atoms with van der Waals surface area (Å²) in [6.07, 6.45) is 3.04. The molecule has 3 rings (SSSR count). The molecule has 2 heterocycles. The maximum absolute atomic E-state index is 9.72. The standard InChI is InChI=1S/C14H14N6O/c1-10-7-11(2)20(18-10)14-17-15-9-19(14)16-8-12-5-3-4-6-13(12)21/h3-9,21H,1-2H3/b16-8-. The van der Waals surface area contributed by atoms with Gasteiger partial charge in [0.05, 0.1) is 11.9 Å². The van der Waals surface area contributed by atoms with Crippen molar-refractivity contribution < 1.29 is 5.11 Å². The van der Waals surface area contributed by atoms with Gasteiger partial charge in [0.15, 0.2) is 0 Å². The number of phenols is 1. The molecule has 0 aliphatic carbocycles. The third kappa shape index (κ3) is 2.53. The first-order valence-corrected chi connectivity index (χ1v) is 6.41. The zero-order valence-electron chi connectivity index (χ0n) is 11.7. The van der Waals surface area contributed by atoms with Gasteiger partial charge >= 0.3 is 0 Å². The third-order valence-corrected chi connectivity index (χ3v) is 2.97. The van der Waals surface area contributed by atoms with E-state index in [0.29, 0.717) is 11.5 Å². The van der Waals surface area contributed by atoms with E-state index in [9.17, 15) is 5.11 Å².